The van der Waals surface area contributed by atoms with E-state index >= 15 is 0 Å². The van der Waals surface area contributed by atoms with E-state index < -0.39 is 0 Å². The highest BCUT2D eigenvalue weighted by Crippen LogP contribution is 2.42. The van der Waals surface area contributed by atoms with Crippen LogP contribution in [0.3, 0.4) is 0 Å². The van der Waals surface area contributed by atoms with E-state index in [0.29, 0.717) is 0 Å². The Morgan fingerprint density at radius 1 is 0.909 bits per heavy atom. The first kappa shape index (κ1) is 13.3. The fourth-order valence-corrected chi connectivity index (χ4v) is 4.04. The number of rotatable bonds is 1. The van der Waals surface area contributed by atoms with Crippen LogP contribution in [-0.4, -0.2) is 13.7 Å². The standard InChI is InChI=1S/C18H22N4/c1-11-4-15(19)6-13-8-21-10-22(17(11)13)9-14-7-16(20-3)5-12(2)18(14)21/h4-7,20H,8-10,19H2,1-3H3. The molecule has 0 radical (unpaired) electrons. The second-order valence-corrected chi connectivity index (χ2v) is 6.43. The molecule has 0 saturated heterocycles. The van der Waals surface area contributed by atoms with Gasteiger partial charge in [-0.15, -0.1) is 0 Å². The molecule has 4 heteroatoms. The van der Waals surface area contributed by atoms with Crippen LogP contribution in [0.4, 0.5) is 22.7 Å². The zero-order valence-electron chi connectivity index (χ0n) is 13.4. The summed E-state index contributed by atoms with van der Waals surface area (Å²) in [5.41, 5.74) is 16.2. The molecule has 0 atom stereocenters. The van der Waals surface area contributed by atoms with Gasteiger partial charge in [0.05, 0.1) is 6.67 Å². The van der Waals surface area contributed by atoms with Crippen LogP contribution >= 0.6 is 0 Å². The molecule has 0 aliphatic carbocycles. The maximum atomic E-state index is 6.05. The minimum absolute atomic E-state index is 0.862. The second-order valence-electron chi connectivity index (χ2n) is 6.43. The van der Waals surface area contributed by atoms with Crippen molar-refractivity contribution in [3.8, 4) is 0 Å². The molecular formula is C18H22N4. The number of aryl methyl sites for hydroxylation is 2. The summed E-state index contributed by atoms with van der Waals surface area (Å²) in [6.45, 7) is 7.22. The zero-order chi connectivity index (χ0) is 15.4. The Bertz CT molecular complexity index is 766. The summed E-state index contributed by atoms with van der Waals surface area (Å²) in [6.07, 6.45) is 0. The summed E-state index contributed by atoms with van der Waals surface area (Å²) in [5, 5.41) is 3.27. The molecule has 114 valence electrons. The molecule has 4 nitrogen and oxygen atoms in total. The lowest BCUT2D eigenvalue weighted by Gasteiger charge is -2.46. The molecule has 2 bridgehead atoms. The summed E-state index contributed by atoms with van der Waals surface area (Å²) < 4.78 is 0. The van der Waals surface area contributed by atoms with E-state index in [9.17, 15) is 0 Å². The molecule has 0 saturated carbocycles. The van der Waals surface area contributed by atoms with Crippen LogP contribution in [-0.2, 0) is 13.1 Å². The second kappa shape index (κ2) is 4.57. The van der Waals surface area contributed by atoms with Crippen LogP contribution in [0.25, 0.3) is 0 Å². The summed E-state index contributed by atoms with van der Waals surface area (Å²) in [5.74, 6) is 0. The van der Waals surface area contributed by atoms with Crippen LogP contribution in [0.1, 0.15) is 22.3 Å². The quantitative estimate of drug-likeness (QED) is 0.793. The SMILES string of the molecule is CNc1cc(C)c2c(c1)CN1CN2Cc2cc(N)cc(C)c21. The highest BCUT2D eigenvalue weighted by molar-refractivity contribution is 5.75. The first-order chi connectivity index (χ1) is 10.6. The molecule has 3 N–H and O–H groups in total. The maximum Gasteiger partial charge on any atom is 0.0910 e. The van der Waals surface area contributed by atoms with Crippen molar-refractivity contribution in [2.24, 2.45) is 0 Å². The average molecular weight is 294 g/mol. The lowest BCUT2D eigenvalue weighted by molar-refractivity contribution is 0.647. The van der Waals surface area contributed by atoms with Crippen LogP contribution in [0.15, 0.2) is 24.3 Å². The van der Waals surface area contributed by atoms with Crippen molar-refractivity contribution >= 4 is 22.7 Å². The van der Waals surface area contributed by atoms with Gasteiger partial charge in [0.15, 0.2) is 0 Å². The topological polar surface area (TPSA) is 44.5 Å². The maximum absolute atomic E-state index is 6.05. The minimum atomic E-state index is 0.862. The monoisotopic (exact) mass is 294 g/mol. The number of nitrogens with one attached hydrogen (secondary N) is 1. The Morgan fingerprint density at radius 2 is 1.50 bits per heavy atom. The molecular weight excluding hydrogens is 272 g/mol. The Morgan fingerprint density at radius 3 is 2.14 bits per heavy atom. The van der Waals surface area contributed by atoms with E-state index in [1.54, 1.807) is 0 Å². The number of nitrogens with two attached hydrogens (primary N) is 1. The summed E-state index contributed by atoms with van der Waals surface area (Å²) in [7, 11) is 1.98. The minimum Gasteiger partial charge on any atom is -0.399 e. The van der Waals surface area contributed by atoms with Crippen LogP contribution < -0.4 is 20.9 Å². The van der Waals surface area contributed by atoms with Crippen LogP contribution in [0, 0.1) is 13.8 Å². The van der Waals surface area contributed by atoms with Gasteiger partial charge in [-0.2, -0.15) is 0 Å². The molecule has 0 aromatic heterocycles. The fraction of sp³-hybridized carbons (Fsp3) is 0.333. The zero-order valence-corrected chi connectivity index (χ0v) is 13.4. The Kier molecular flexibility index (Phi) is 2.76. The smallest absolute Gasteiger partial charge is 0.0910 e. The van der Waals surface area contributed by atoms with Gasteiger partial charge in [0.2, 0.25) is 0 Å². The highest BCUT2D eigenvalue weighted by Gasteiger charge is 2.31. The van der Waals surface area contributed by atoms with Crippen LogP contribution in [0.2, 0.25) is 0 Å². The molecule has 2 aliphatic rings. The van der Waals surface area contributed by atoms with E-state index in [1.165, 1.54) is 39.3 Å². The number of hydrogen-bond donors (Lipinski definition) is 2. The summed E-state index contributed by atoms with van der Waals surface area (Å²) >= 11 is 0. The van der Waals surface area contributed by atoms with Gasteiger partial charge < -0.3 is 20.9 Å². The molecule has 0 unspecified atom stereocenters. The molecule has 4 rings (SSSR count). The lowest BCUT2D eigenvalue weighted by atomic mass is 9.96. The van der Waals surface area contributed by atoms with Crippen molar-refractivity contribution < 1.29 is 0 Å². The normalized spacial score (nSPS) is 15.4. The number of anilines is 4. The van der Waals surface area contributed by atoms with Gasteiger partial charge in [-0.05, 0) is 60.4 Å². The molecule has 0 amide bonds. The van der Waals surface area contributed by atoms with Crippen molar-refractivity contribution in [3.05, 3.63) is 46.5 Å². The van der Waals surface area contributed by atoms with E-state index in [1.807, 2.05) is 7.05 Å². The number of nitrogen functional groups attached to an aromatic ring is 1. The first-order valence-corrected chi connectivity index (χ1v) is 7.77. The van der Waals surface area contributed by atoms with Crippen molar-refractivity contribution in [2.45, 2.75) is 26.9 Å². The fourth-order valence-electron chi connectivity index (χ4n) is 4.04. The van der Waals surface area contributed by atoms with Crippen molar-refractivity contribution in [1.82, 2.24) is 0 Å². The number of hydrogen-bond acceptors (Lipinski definition) is 4. The third-order valence-electron chi connectivity index (χ3n) is 4.77. The molecule has 0 fully saturated rings. The Balaban J connectivity index is 1.86. The number of benzene rings is 2. The first-order valence-electron chi connectivity index (χ1n) is 7.77. The third kappa shape index (κ3) is 1.83. The number of fused-ring (bicyclic) bond motifs is 6. The Hall–Kier alpha value is -2.36. The van der Waals surface area contributed by atoms with Crippen molar-refractivity contribution in [1.29, 1.82) is 0 Å². The highest BCUT2D eigenvalue weighted by atomic mass is 15.4. The summed E-state index contributed by atoms with van der Waals surface area (Å²) in [6, 6.07) is 8.72. The molecule has 2 heterocycles. The Labute approximate surface area is 131 Å². The van der Waals surface area contributed by atoms with Gasteiger partial charge in [-0.1, -0.05) is 0 Å². The molecule has 2 aromatic carbocycles. The van der Waals surface area contributed by atoms with Gasteiger partial charge in [0.1, 0.15) is 0 Å². The van der Waals surface area contributed by atoms with Crippen molar-refractivity contribution in [2.75, 3.05) is 34.6 Å². The lowest BCUT2D eigenvalue weighted by Crippen LogP contribution is -2.46. The predicted octanol–water partition coefficient (Wildman–Crippen LogP) is 3.23. The van der Waals surface area contributed by atoms with Gasteiger partial charge in [0.25, 0.3) is 0 Å². The van der Waals surface area contributed by atoms with E-state index in [2.05, 4.69) is 53.2 Å². The molecule has 2 aromatic rings. The molecule has 22 heavy (non-hydrogen) atoms. The average Bonchev–Trinajstić information content (AvgIpc) is 2.45. The predicted molar refractivity (Wildman–Crippen MR) is 93.6 cm³/mol. The van der Waals surface area contributed by atoms with Crippen molar-refractivity contribution in [3.63, 3.8) is 0 Å². The molecule has 0 spiro atoms. The van der Waals surface area contributed by atoms with E-state index in [-0.39, 0.29) is 0 Å². The van der Waals surface area contributed by atoms with Crippen LogP contribution in [0.5, 0.6) is 0 Å². The van der Waals surface area contributed by atoms with Gasteiger partial charge >= 0.3 is 0 Å². The van der Waals surface area contributed by atoms with Gasteiger partial charge in [0, 0.05) is 42.9 Å². The van der Waals surface area contributed by atoms with Gasteiger partial charge in [-0.3, -0.25) is 0 Å². The largest absolute Gasteiger partial charge is 0.399 e. The molecule has 2 aliphatic heterocycles. The third-order valence-corrected chi connectivity index (χ3v) is 4.77. The van der Waals surface area contributed by atoms with Gasteiger partial charge in [-0.25, -0.2) is 0 Å². The van der Waals surface area contributed by atoms with E-state index in [4.69, 9.17) is 5.73 Å². The number of nitrogens with zero attached hydrogens (tertiary/aromatic N) is 2. The summed E-state index contributed by atoms with van der Waals surface area (Å²) in [4.78, 5) is 4.93. The van der Waals surface area contributed by atoms with E-state index in [0.717, 1.165) is 25.4 Å².